The van der Waals surface area contributed by atoms with Gasteiger partial charge in [-0.3, -0.25) is 9.59 Å². The molecule has 194 valence electrons. The van der Waals surface area contributed by atoms with Crippen molar-refractivity contribution in [2.45, 2.75) is 12.3 Å². The summed E-state index contributed by atoms with van der Waals surface area (Å²) in [6.45, 7) is 0.805. The molecule has 1 aromatic heterocycles. The molecule has 3 heterocycles. The molecule has 2 aliphatic rings. The lowest BCUT2D eigenvalue weighted by molar-refractivity contribution is -0.135. The van der Waals surface area contributed by atoms with Gasteiger partial charge in [-0.25, -0.2) is 0 Å². The third-order valence-electron chi connectivity index (χ3n) is 6.83. The number of fused-ring (bicyclic) bond motifs is 4. The number of rotatable bonds is 5. The van der Waals surface area contributed by atoms with Gasteiger partial charge in [0.1, 0.15) is 47.7 Å². The van der Waals surface area contributed by atoms with E-state index in [9.17, 15) is 9.59 Å². The van der Waals surface area contributed by atoms with Crippen LogP contribution in [0.5, 0.6) is 34.5 Å². The van der Waals surface area contributed by atoms with Gasteiger partial charge in [0.05, 0.1) is 33.3 Å². The number of carbonyl (C=O) groups excluding carboxylic acids is 1. The standard InChI is InChI=1S/C29H24O9/c1-32-17-6-4-15(5-7-17)19-14-37-29-25-18(16-10-22(34-3)28-23(11-16)35-8-9-36-28)12-24(30)38-21(25)13-20(33-2)26(29)27(19)31/h4-7,10-11,13-14,18H,8-9,12H2,1-3H3/t18-/m0/s1. The van der Waals surface area contributed by atoms with Crippen LogP contribution < -0.4 is 33.8 Å². The van der Waals surface area contributed by atoms with Crippen molar-refractivity contribution in [2.75, 3.05) is 34.5 Å². The van der Waals surface area contributed by atoms with Gasteiger partial charge in [-0.2, -0.15) is 0 Å². The van der Waals surface area contributed by atoms with Gasteiger partial charge in [0, 0.05) is 17.5 Å². The van der Waals surface area contributed by atoms with Gasteiger partial charge in [0.25, 0.3) is 0 Å². The number of methoxy groups -OCH3 is 3. The van der Waals surface area contributed by atoms with E-state index in [4.69, 9.17) is 32.8 Å². The molecule has 0 aliphatic carbocycles. The van der Waals surface area contributed by atoms with Crippen LogP contribution >= 0.6 is 0 Å². The minimum Gasteiger partial charge on any atom is -0.497 e. The van der Waals surface area contributed by atoms with E-state index >= 15 is 0 Å². The first kappa shape index (κ1) is 23.7. The Balaban J connectivity index is 1.58. The fourth-order valence-corrected chi connectivity index (χ4v) is 5.03. The molecule has 4 aromatic rings. The van der Waals surface area contributed by atoms with Crippen molar-refractivity contribution in [2.24, 2.45) is 0 Å². The number of carbonyl (C=O) groups is 1. The predicted molar refractivity (Wildman–Crippen MR) is 137 cm³/mol. The van der Waals surface area contributed by atoms with E-state index < -0.39 is 11.9 Å². The van der Waals surface area contributed by atoms with E-state index in [0.717, 1.165) is 5.56 Å². The molecule has 0 spiro atoms. The average Bonchev–Trinajstić information content (AvgIpc) is 2.95. The van der Waals surface area contributed by atoms with Crippen molar-refractivity contribution in [1.29, 1.82) is 0 Å². The molecule has 1 atom stereocenters. The van der Waals surface area contributed by atoms with Crippen LogP contribution in [0.25, 0.3) is 22.1 Å². The number of esters is 1. The van der Waals surface area contributed by atoms with Gasteiger partial charge >= 0.3 is 5.97 Å². The van der Waals surface area contributed by atoms with Crippen molar-refractivity contribution in [1.82, 2.24) is 0 Å². The quantitative estimate of drug-likeness (QED) is 0.276. The molecule has 0 bridgehead atoms. The molecule has 0 amide bonds. The predicted octanol–water partition coefficient (Wildman–Crippen LogP) is 4.70. The van der Waals surface area contributed by atoms with Crippen LogP contribution in [0.15, 0.2) is 57.9 Å². The van der Waals surface area contributed by atoms with Crippen LogP contribution in [0.4, 0.5) is 0 Å². The molecule has 0 fully saturated rings. The van der Waals surface area contributed by atoms with E-state index in [1.807, 2.05) is 6.07 Å². The highest BCUT2D eigenvalue weighted by atomic mass is 16.6. The highest BCUT2D eigenvalue weighted by Crippen LogP contribution is 2.49. The second-order valence-corrected chi connectivity index (χ2v) is 8.88. The van der Waals surface area contributed by atoms with Crippen molar-refractivity contribution >= 4 is 16.9 Å². The monoisotopic (exact) mass is 516 g/mol. The van der Waals surface area contributed by atoms with Gasteiger partial charge in [0.15, 0.2) is 11.5 Å². The smallest absolute Gasteiger partial charge is 0.312 e. The summed E-state index contributed by atoms with van der Waals surface area (Å²) in [6.07, 6.45) is 1.45. The third-order valence-corrected chi connectivity index (χ3v) is 6.83. The lowest BCUT2D eigenvalue weighted by atomic mass is 9.84. The third kappa shape index (κ3) is 3.78. The summed E-state index contributed by atoms with van der Waals surface area (Å²) in [7, 11) is 4.57. The van der Waals surface area contributed by atoms with E-state index in [0.29, 0.717) is 52.9 Å². The molecule has 3 aromatic carbocycles. The molecule has 38 heavy (non-hydrogen) atoms. The van der Waals surface area contributed by atoms with Crippen LogP contribution in [0.1, 0.15) is 23.5 Å². The molecule has 0 saturated carbocycles. The van der Waals surface area contributed by atoms with Gasteiger partial charge in [-0.05, 0) is 35.4 Å². The molecule has 0 N–H and O–H groups in total. The fourth-order valence-electron chi connectivity index (χ4n) is 5.03. The zero-order chi connectivity index (χ0) is 26.4. The van der Waals surface area contributed by atoms with Crippen molar-refractivity contribution in [3.05, 3.63) is 70.1 Å². The molecule has 0 saturated heterocycles. The van der Waals surface area contributed by atoms with E-state index in [-0.39, 0.29) is 34.3 Å². The average molecular weight is 517 g/mol. The van der Waals surface area contributed by atoms with Crippen molar-refractivity contribution in [3.8, 4) is 45.6 Å². The molecule has 0 unspecified atom stereocenters. The summed E-state index contributed by atoms with van der Waals surface area (Å²) in [4.78, 5) is 26.5. The van der Waals surface area contributed by atoms with E-state index in [2.05, 4.69) is 0 Å². The molecule has 9 heteroatoms. The second-order valence-electron chi connectivity index (χ2n) is 8.88. The van der Waals surface area contributed by atoms with Crippen LogP contribution in [0.3, 0.4) is 0 Å². The Morgan fingerprint density at radius 1 is 0.842 bits per heavy atom. The SMILES string of the molecule is COc1ccc(-c2coc3c4c(cc(OC)c3c2=O)OC(=O)C[C@H]4c2cc(OC)c3c(c2)OCCO3)cc1. The molecule has 9 nitrogen and oxygen atoms in total. The van der Waals surface area contributed by atoms with E-state index in [1.54, 1.807) is 50.6 Å². The molecule has 2 aliphatic heterocycles. The van der Waals surface area contributed by atoms with Gasteiger partial charge < -0.3 is 32.8 Å². The number of benzene rings is 3. The largest absolute Gasteiger partial charge is 0.497 e. The molecule has 0 radical (unpaired) electrons. The van der Waals surface area contributed by atoms with Gasteiger partial charge in [-0.1, -0.05) is 12.1 Å². The van der Waals surface area contributed by atoms with Crippen LogP contribution in [-0.4, -0.2) is 40.5 Å². The van der Waals surface area contributed by atoms with Crippen LogP contribution in [0.2, 0.25) is 0 Å². The Morgan fingerprint density at radius 2 is 1.61 bits per heavy atom. The minimum atomic E-state index is -0.501. The number of hydrogen-bond acceptors (Lipinski definition) is 9. The number of hydrogen-bond donors (Lipinski definition) is 0. The maximum atomic E-state index is 13.8. The zero-order valence-electron chi connectivity index (χ0n) is 21.0. The van der Waals surface area contributed by atoms with Gasteiger partial charge in [0.2, 0.25) is 11.2 Å². The molecular weight excluding hydrogens is 492 g/mol. The summed E-state index contributed by atoms with van der Waals surface area (Å²) in [5.74, 6) is 1.78. The topological polar surface area (TPSA) is 103 Å². The highest BCUT2D eigenvalue weighted by molar-refractivity contribution is 5.94. The van der Waals surface area contributed by atoms with Crippen molar-refractivity contribution < 1.29 is 37.6 Å². The first-order valence-electron chi connectivity index (χ1n) is 12.0. The maximum absolute atomic E-state index is 13.8. The van der Waals surface area contributed by atoms with E-state index in [1.165, 1.54) is 13.4 Å². The van der Waals surface area contributed by atoms with Crippen molar-refractivity contribution in [3.63, 3.8) is 0 Å². The first-order valence-corrected chi connectivity index (χ1v) is 12.0. The second kappa shape index (κ2) is 9.33. The minimum absolute atomic E-state index is 0.0289. The Labute approximate surface area is 217 Å². The Kier molecular flexibility index (Phi) is 5.83. The summed E-state index contributed by atoms with van der Waals surface area (Å²) < 4.78 is 39.6. The summed E-state index contributed by atoms with van der Waals surface area (Å²) in [5.41, 5.74) is 2.35. The summed E-state index contributed by atoms with van der Waals surface area (Å²) in [6, 6.07) is 12.3. The highest BCUT2D eigenvalue weighted by Gasteiger charge is 2.35. The molecule has 6 rings (SSSR count). The summed E-state index contributed by atoms with van der Waals surface area (Å²) in [5, 5.41) is 0.257. The lowest BCUT2D eigenvalue weighted by Gasteiger charge is -2.28. The molecular formula is C29H24O9. The Hall–Kier alpha value is -4.66. The number of ether oxygens (including phenoxy) is 6. The van der Waals surface area contributed by atoms with Crippen LogP contribution in [0, 0.1) is 0 Å². The first-order chi connectivity index (χ1) is 18.5. The Bertz CT molecular complexity index is 1600. The normalized spacial score (nSPS) is 16.0. The maximum Gasteiger partial charge on any atom is 0.312 e. The Morgan fingerprint density at radius 3 is 2.34 bits per heavy atom. The van der Waals surface area contributed by atoms with Gasteiger partial charge in [-0.15, -0.1) is 0 Å². The van der Waals surface area contributed by atoms with Crippen LogP contribution in [-0.2, 0) is 4.79 Å². The summed E-state index contributed by atoms with van der Waals surface area (Å²) >= 11 is 0. The zero-order valence-corrected chi connectivity index (χ0v) is 21.0. The lowest BCUT2D eigenvalue weighted by Crippen LogP contribution is -2.23. The fraction of sp³-hybridized carbons (Fsp3) is 0.241.